The maximum absolute atomic E-state index is 13.2. The maximum Gasteiger partial charge on any atom is 0.123 e. The Morgan fingerprint density at radius 2 is 1.91 bits per heavy atom. The van der Waals surface area contributed by atoms with Gasteiger partial charge in [0.1, 0.15) is 5.82 Å². The molecule has 1 heterocycles. The molecule has 0 saturated carbocycles. The normalized spacial score (nSPS) is 25.5. The molecule has 22 heavy (non-hydrogen) atoms. The van der Waals surface area contributed by atoms with Crippen molar-refractivity contribution in [3.05, 3.63) is 76.1 Å². The summed E-state index contributed by atoms with van der Waals surface area (Å²) in [4.78, 5) is 0. The molecule has 3 heteroatoms. The van der Waals surface area contributed by atoms with Crippen molar-refractivity contribution in [2.45, 2.75) is 25.3 Å². The zero-order valence-electron chi connectivity index (χ0n) is 12.3. The fourth-order valence-corrected chi connectivity index (χ4v) is 3.95. The SMILES string of the molecule is Cc1c(Cl)ccc2c1NC(c1ccc(F)cc1)C1CC=CC21. The van der Waals surface area contributed by atoms with E-state index in [1.165, 1.54) is 17.7 Å². The predicted octanol–water partition coefficient (Wildman–Crippen LogP) is 5.61. The lowest BCUT2D eigenvalue weighted by atomic mass is 9.76. The van der Waals surface area contributed by atoms with Gasteiger partial charge in [-0.3, -0.25) is 0 Å². The Morgan fingerprint density at radius 3 is 2.68 bits per heavy atom. The number of halogens is 2. The van der Waals surface area contributed by atoms with E-state index in [0.29, 0.717) is 11.8 Å². The molecular weight excluding hydrogens is 297 g/mol. The van der Waals surface area contributed by atoms with Gasteiger partial charge in [-0.1, -0.05) is 42.0 Å². The Labute approximate surface area is 134 Å². The van der Waals surface area contributed by atoms with E-state index in [0.717, 1.165) is 28.3 Å². The second-order valence-electron chi connectivity index (χ2n) is 6.16. The fourth-order valence-electron chi connectivity index (χ4n) is 3.79. The number of allylic oxidation sites excluding steroid dienone is 2. The van der Waals surface area contributed by atoms with Gasteiger partial charge in [-0.2, -0.15) is 0 Å². The molecule has 1 nitrogen and oxygen atoms in total. The molecule has 0 fully saturated rings. The molecule has 3 atom stereocenters. The first-order chi connectivity index (χ1) is 10.6. The molecule has 0 saturated heterocycles. The van der Waals surface area contributed by atoms with Crippen molar-refractivity contribution in [2.24, 2.45) is 5.92 Å². The van der Waals surface area contributed by atoms with Crippen LogP contribution in [0.2, 0.25) is 5.02 Å². The molecule has 3 unspecified atom stereocenters. The fraction of sp³-hybridized carbons (Fsp3) is 0.263. The lowest BCUT2D eigenvalue weighted by Gasteiger charge is -2.38. The van der Waals surface area contributed by atoms with E-state index in [4.69, 9.17) is 11.6 Å². The van der Waals surface area contributed by atoms with Crippen LogP contribution < -0.4 is 5.32 Å². The first-order valence-corrected chi connectivity index (χ1v) is 8.00. The molecule has 0 spiro atoms. The molecule has 1 aliphatic heterocycles. The molecule has 1 aliphatic carbocycles. The summed E-state index contributed by atoms with van der Waals surface area (Å²) in [6.07, 6.45) is 5.60. The molecule has 112 valence electrons. The first-order valence-electron chi connectivity index (χ1n) is 7.63. The third kappa shape index (κ3) is 2.05. The van der Waals surface area contributed by atoms with E-state index in [9.17, 15) is 4.39 Å². The van der Waals surface area contributed by atoms with Crippen LogP contribution in [0.5, 0.6) is 0 Å². The van der Waals surface area contributed by atoms with Crippen LogP contribution in [0.1, 0.15) is 35.1 Å². The third-order valence-corrected chi connectivity index (χ3v) is 5.37. The Balaban J connectivity index is 1.82. The van der Waals surface area contributed by atoms with E-state index < -0.39 is 0 Å². The summed E-state index contributed by atoms with van der Waals surface area (Å²) in [5.41, 5.74) is 4.67. The van der Waals surface area contributed by atoms with Gasteiger partial charge in [0.05, 0.1) is 6.04 Å². The van der Waals surface area contributed by atoms with Crippen LogP contribution in [0, 0.1) is 18.7 Å². The number of hydrogen-bond acceptors (Lipinski definition) is 1. The standard InChI is InChI=1S/C19H17ClFN/c1-11-17(20)10-9-16-14-3-2-4-15(14)19(22-18(11)16)12-5-7-13(21)8-6-12/h2-3,5-10,14-15,19,22H,4H2,1H3. The summed E-state index contributed by atoms with van der Waals surface area (Å²) in [6.45, 7) is 2.05. The smallest absolute Gasteiger partial charge is 0.123 e. The van der Waals surface area contributed by atoms with Crippen molar-refractivity contribution in [3.63, 3.8) is 0 Å². The summed E-state index contributed by atoms with van der Waals surface area (Å²) >= 11 is 6.30. The third-order valence-electron chi connectivity index (χ3n) is 4.96. The highest BCUT2D eigenvalue weighted by atomic mass is 35.5. The zero-order chi connectivity index (χ0) is 15.3. The maximum atomic E-state index is 13.2. The predicted molar refractivity (Wildman–Crippen MR) is 88.9 cm³/mol. The van der Waals surface area contributed by atoms with Gasteiger partial charge in [-0.05, 0) is 54.2 Å². The van der Waals surface area contributed by atoms with E-state index in [2.05, 4.69) is 30.5 Å². The Morgan fingerprint density at radius 1 is 1.14 bits per heavy atom. The van der Waals surface area contributed by atoms with Crippen molar-refractivity contribution in [3.8, 4) is 0 Å². The number of rotatable bonds is 1. The second kappa shape index (κ2) is 5.13. The minimum atomic E-state index is -0.194. The summed E-state index contributed by atoms with van der Waals surface area (Å²) in [5.74, 6) is 0.682. The van der Waals surface area contributed by atoms with E-state index in [1.807, 2.05) is 18.2 Å². The van der Waals surface area contributed by atoms with Crippen LogP contribution in [0.15, 0.2) is 48.6 Å². The molecular formula is C19H17ClFN. The van der Waals surface area contributed by atoms with Crippen LogP contribution in [-0.4, -0.2) is 0 Å². The molecule has 0 aromatic heterocycles. The number of benzene rings is 2. The lowest BCUT2D eigenvalue weighted by Crippen LogP contribution is -2.29. The molecule has 0 amide bonds. The minimum absolute atomic E-state index is 0.185. The molecule has 2 aromatic carbocycles. The Hall–Kier alpha value is -1.80. The Kier molecular flexibility index (Phi) is 3.23. The van der Waals surface area contributed by atoms with Gasteiger partial charge in [-0.15, -0.1) is 0 Å². The summed E-state index contributed by atoms with van der Waals surface area (Å²) < 4.78 is 13.2. The van der Waals surface area contributed by atoms with Crippen molar-refractivity contribution < 1.29 is 4.39 Å². The topological polar surface area (TPSA) is 12.0 Å². The molecule has 4 rings (SSSR count). The highest BCUT2D eigenvalue weighted by Gasteiger charge is 2.38. The Bertz CT molecular complexity index is 751. The molecule has 0 bridgehead atoms. The van der Waals surface area contributed by atoms with Crippen molar-refractivity contribution >= 4 is 17.3 Å². The van der Waals surface area contributed by atoms with Gasteiger partial charge in [0.2, 0.25) is 0 Å². The molecule has 2 aromatic rings. The average molecular weight is 314 g/mol. The highest BCUT2D eigenvalue weighted by Crippen LogP contribution is 2.51. The van der Waals surface area contributed by atoms with Crippen LogP contribution in [-0.2, 0) is 0 Å². The monoisotopic (exact) mass is 313 g/mol. The quantitative estimate of drug-likeness (QED) is 0.674. The van der Waals surface area contributed by atoms with E-state index in [-0.39, 0.29) is 11.9 Å². The van der Waals surface area contributed by atoms with Crippen molar-refractivity contribution in [1.82, 2.24) is 0 Å². The van der Waals surface area contributed by atoms with Gasteiger partial charge in [0, 0.05) is 16.6 Å². The summed E-state index contributed by atoms with van der Waals surface area (Å²) in [7, 11) is 0. The molecule has 0 radical (unpaired) electrons. The highest BCUT2D eigenvalue weighted by molar-refractivity contribution is 6.31. The van der Waals surface area contributed by atoms with Crippen LogP contribution >= 0.6 is 11.6 Å². The van der Waals surface area contributed by atoms with Crippen molar-refractivity contribution in [1.29, 1.82) is 0 Å². The number of hydrogen-bond donors (Lipinski definition) is 1. The van der Waals surface area contributed by atoms with Gasteiger partial charge < -0.3 is 5.32 Å². The number of nitrogens with one attached hydrogen (secondary N) is 1. The number of fused-ring (bicyclic) bond motifs is 3. The zero-order valence-corrected chi connectivity index (χ0v) is 13.1. The van der Waals surface area contributed by atoms with Gasteiger partial charge >= 0.3 is 0 Å². The van der Waals surface area contributed by atoms with E-state index >= 15 is 0 Å². The average Bonchev–Trinajstić information content (AvgIpc) is 3.01. The van der Waals surface area contributed by atoms with E-state index in [1.54, 1.807) is 0 Å². The summed E-state index contributed by atoms with van der Waals surface area (Å²) in [6, 6.07) is 11.1. The largest absolute Gasteiger partial charge is 0.377 e. The van der Waals surface area contributed by atoms with Crippen LogP contribution in [0.25, 0.3) is 0 Å². The van der Waals surface area contributed by atoms with Crippen LogP contribution in [0.4, 0.5) is 10.1 Å². The lowest BCUT2D eigenvalue weighted by molar-refractivity contribution is 0.425. The molecule has 2 aliphatic rings. The van der Waals surface area contributed by atoms with Gasteiger partial charge in [0.25, 0.3) is 0 Å². The van der Waals surface area contributed by atoms with Crippen LogP contribution in [0.3, 0.4) is 0 Å². The minimum Gasteiger partial charge on any atom is -0.377 e. The second-order valence-corrected chi connectivity index (χ2v) is 6.57. The van der Waals surface area contributed by atoms with Crippen molar-refractivity contribution in [2.75, 3.05) is 5.32 Å². The molecule has 1 N–H and O–H groups in total. The first kappa shape index (κ1) is 13.8. The van der Waals surface area contributed by atoms with Gasteiger partial charge in [0.15, 0.2) is 0 Å². The summed E-state index contributed by atoms with van der Waals surface area (Å²) in [5, 5.41) is 4.45. The number of anilines is 1. The van der Waals surface area contributed by atoms with Gasteiger partial charge in [-0.25, -0.2) is 4.39 Å².